The molecule has 1 fully saturated rings. The van der Waals surface area contributed by atoms with Crippen LogP contribution in [0.1, 0.15) is 48.8 Å². The van der Waals surface area contributed by atoms with Crippen LogP contribution in [0, 0.1) is 6.92 Å². The molecule has 1 unspecified atom stereocenters. The molecule has 0 heterocycles. The summed E-state index contributed by atoms with van der Waals surface area (Å²) in [5.41, 5.74) is 3.10. The first-order chi connectivity index (χ1) is 18.4. The van der Waals surface area contributed by atoms with Gasteiger partial charge in [-0.1, -0.05) is 91.0 Å². The van der Waals surface area contributed by atoms with Crippen LogP contribution in [0.3, 0.4) is 0 Å². The monoisotopic (exact) mass is 596 g/mol. The maximum Gasteiger partial charge on any atom is 0.261 e. The van der Waals surface area contributed by atoms with Crippen LogP contribution in [0.25, 0.3) is 0 Å². The van der Waals surface area contributed by atoms with Gasteiger partial charge in [0.2, 0.25) is 5.91 Å². The van der Waals surface area contributed by atoms with E-state index < -0.39 is 6.04 Å². The van der Waals surface area contributed by atoms with E-state index in [2.05, 4.69) is 21.2 Å². The Morgan fingerprint density at radius 2 is 1.71 bits per heavy atom. The maximum atomic E-state index is 13.8. The van der Waals surface area contributed by atoms with Gasteiger partial charge in [0.05, 0.1) is 4.47 Å². The predicted molar refractivity (Wildman–Crippen MR) is 155 cm³/mol. The summed E-state index contributed by atoms with van der Waals surface area (Å²) in [5, 5.41) is 3.83. The number of halogens is 2. The Bertz CT molecular complexity index is 1210. The number of carbonyl (C=O) groups excluding carboxylic acids is 2. The molecule has 200 valence electrons. The van der Waals surface area contributed by atoms with Crippen molar-refractivity contribution in [1.29, 1.82) is 0 Å². The summed E-state index contributed by atoms with van der Waals surface area (Å²) < 4.78 is 6.56. The number of amides is 2. The van der Waals surface area contributed by atoms with Gasteiger partial charge in [-0.25, -0.2) is 0 Å². The van der Waals surface area contributed by atoms with E-state index in [4.69, 9.17) is 16.3 Å². The van der Waals surface area contributed by atoms with E-state index in [-0.39, 0.29) is 24.5 Å². The summed E-state index contributed by atoms with van der Waals surface area (Å²) in [6.07, 6.45) is 5.80. The molecule has 0 aliphatic heterocycles. The Labute approximate surface area is 238 Å². The summed E-state index contributed by atoms with van der Waals surface area (Å²) in [6, 6.07) is 22.5. The number of aryl methyl sites for hydroxylation is 1. The molecular weight excluding hydrogens is 564 g/mol. The minimum absolute atomic E-state index is 0.117. The van der Waals surface area contributed by atoms with Gasteiger partial charge in [-0.2, -0.15) is 0 Å². The first-order valence-electron chi connectivity index (χ1n) is 13.2. The lowest BCUT2D eigenvalue weighted by molar-refractivity contribution is -0.143. The van der Waals surface area contributed by atoms with Crippen LogP contribution in [0.5, 0.6) is 5.75 Å². The van der Waals surface area contributed by atoms with Crippen molar-refractivity contribution in [2.24, 2.45) is 0 Å². The highest BCUT2D eigenvalue weighted by molar-refractivity contribution is 9.10. The zero-order chi connectivity index (χ0) is 26.9. The zero-order valence-electron chi connectivity index (χ0n) is 21.7. The van der Waals surface area contributed by atoms with E-state index in [0.29, 0.717) is 28.2 Å². The van der Waals surface area contributed by atoms with Crippen LogP contribution in [0.4, 0.5) is 0 Å². The molecule has 38 heavy (non-hydrogen) atoms. The van der Waals surface area contributed by atoms with Gasteiger partial charge in [-0.05, 0) is 65.0 Å². The van der Waals surface area contributed by atoms with Crippen molar-refractivity contribution in [1.82, 2.24) is 10.2 Å². The van der Waals surface area contributed by atoms with Crippen molar-refractivity contribution in [3.05, 3.63) is 99.0 Å². The van der Waals surface area contributed by atoms with E-state index in [1.165, 1.54) is 6.42 Å². The lowest BCUT2D eigenvalue weighted by Gasteiger charge is -2.33. The van der Waals surface area contributed by atoms with Gasteiger partial charge < -0.3 is 15.0 Å². The Kier molecular flexibility index (Phi) is 10.2. The van der Waals surface area contributed by atoms with Gasteiger partial charge in [-0.15, -0.1) is 0 Å². The number of nitrogens with one attached hydrogen (secondary N) is 1. The van der Waals surface area contributed by atoms with E-state index in [1.807, 2.05) is 61.5 Å². The van der Waals surface area contributed by atoms with Gasteiger partial charge >= 0.3 is 0 Å². The standard InChI is InChI=1S/C31H34BrClN2O3/c1-22-12-14-24(15-13-22)20-35(30(36)21-38-29-17-16-25(33)19-27(29)32)28(18-23-8-4-2-5-9-23)31(37)34-26-10-6-3-7-11-26/h2,4-5,8-9,12-17,19,26,28H,3,6-7,10-11,18,20-21H2,1H3,(H,34,37). The average molecular weight is 598 g/mol. The fourth-order valence-electron chi connectivity index (χ4n) is 4.80. The maximum absolute atomic E-state index is 13.8. The van der Waals surface area contributed by atoms with Crippen LogP contribution < -0.4 is 10.1 Å². The van der Waals surface area contributed by atoms with Crippen LogP contribution in [-0.4, -0.2) is 35.4 Å². The first kappa shape index (κ1) is 28.2. The van der Waals surface area contributed by atoms with Crippen LogP contribution in [0.2, 0.25) is 5.02 Å². The van der Waals surface area contributed by atoms with Crippen LogP contribution >= 0.6 is 27.5 Å². The topological polar surface area (TPSA) is 58.6 Å². The van der Waals surface area contributed by atoms with E-state index in [0.717, 1.165) is 42.4 Å². The highest BCUT2D eigenvalue weighted by atomic mass is 79.9. The summed E-state index contributed by atoms with van der Waals surface area (Å²) in [4.78, 5) is 29.2. The second kappa shape index (κ2) is 13.8. The average Bonchev–Trinajstić information content (AvgIpc) is 2.92. The lowest BCUT2D eigenvalue weighted by Crippen LogP contribution is -2.53. The van der Waals surface area contributed by atoms with Gasteiger partial charge in [-0.3, -0.25) is 9.59 Å². The number of hydrogen-bond acceptors (Lipinski definition) is 3. The molecule has 7 heteroatoms. The minimum Gasteiger partial charge on any atom is -0.483 e. The van der Waals surface area contributed by atoms with Crippen molar-refractivity contribution in [3.8, 4) is 5.75 Å². The van der Waals surface area contributed by atoms with Crippen LogP contribution in [-0.2, 0) is 22.6 Å². The van der Waals surface area contributed by atoms with Crippen molar-refractivity contribution in [2.45, 2.75) is 64.1 Å². The second-order valence-corrected chi connectivity index (χ2v) is 11.2. The Morgan fingerprint density at radius 3 is 2.39 bits per heavy atom. The van der Waals surface area contributed by atoms with Crippen LogP contribution in [0.15, 0.2) is 77.3 Å². The summed E-state index contributed by atoms with van der Waals surface area (Å²) >= 11 is 9.51. The van der Waals surface area contributed by atoms with Crippen molar-refractivity contribution < 1.29 is 14.3 Å². The SMILES string of the molecule is Cc1ccc(CN(C(=O)COc2ccc(Cl)cc2Br)C(Cc2ccccc2)C(=O)NC2CCCCC2)cc1. The van der Waals surface area contributed by atoms with Crippen molar-refractivity contribution >= 4 is 39.3 Å². The highest BCUT2D eigenvalue weighted by Gasteiger charge is 2.32. The van der Waals surface area contributed by atoms with Crippen molar-refractivity contribution in [2.75, 3.05) is 6.61 Å². The lowest BCUT2D eigenvalue weighted by atomic mass is 9.94. The number of ether oxygens (including phenoxy) is 1. The third kappa shape index (κ3) is 8.08. The molecule has 1 N–H and O–H groups in total. The fraction of sp³-hybridized carbons (Fsp3) is 0.355. The summed E-state index contributed by atoms with van der Waals surface area (Å²) in [5.74, 6) is 0.144. The van der Waals surface area contributed by atoms with Gasteiger partial charge in [0.1, 0.15) is 11.8 Å². The van der Waals surface area contributed by atoms with Crippen molar-refractivity contribution in [3.63, 3.8) is 0 Å². The van der Waals surface area contributed by atoms with Gasteiger partial charge in [0, 0.05) is 24.0 Å². The third-order valence-corrected chi connectivity index (χ3v) is 7.80. The van der Waals surface area contributed by atoms with E-state index in [1.54, 1.807) is 23.1 Å². The summed E-state index contributed by atoms with van der Waals surface area (Å²) in [6.45, 7) is 2.13. The number of hydrogen-bond donors (Lipinski definition) is 1. The molecule has 1 aliphatic carbocycles. The molecule has 0 bridgehead atoms. The third-order valence-electron chi connectivity index (χ3n) is 6.94. The largest absolute Gasteiger partial charge is 0.483 e. The molecule has 1 atom stereocenters. The molecule has 3 aromatic rings. The normalized spacial score (nSPS) is 14.5. The predicted octanol–water partition coefficient (Wildman–Crippen LogP) is 6.88. The molecule has 4 rings (SSSR count). The summed E-state index contributed by atoms with van der Waals surface area (Å²) in [7, 11) is 0. The van der Waals surface area contributed by atoms with Gasteiger partial charge in [0.25, 0.3) is 5.91 Å². The molecule has 0 saturated heterocycles. The smallest absolute Gasteiger partial charge is 0.261 e. The number of benzene rings is 3. The van der Waals surface area contributed by atoms with E-state index in [9.17, 15) is 9.59 Å². The highest BCUT2D eigenvalue weighted by Crippen LogP contribution is 2.28. The molecular formula is C31H34BrClN2O3. The molecule has 3 aromatic carbocycles. The number of carbonyl (C=O) groups is 2. The molecule has 5 nitrogen and oxygen atoms in total. The second-order valence-electron chi connectivity index (χ2n) is 9.92. The Morgan fingerprint density at radius 1 is 1.00 bits per heavy atom. The fourth-order valence-corrected chi connectivity index (χ4v) is 5.60. The van der Waals surface area contributed by atoms with E-state index >= 15 is 0 Å². The zero-order valence-corrected chi connectivity index (χ0v) is 24.0. The quantitative estimate of drug-likeness (QED) is 0.277. The number of nitrogens with zero attached hydrogens (tertiary/aromatic N) is 1. The molecule has 0 spiro atoms. The first-order valence-corrected chi connectivity index (χ1v) is 14.3. The molecule has 0 aromatic heterocycles. The van der Waals surface area contributed by atoms with Gasteiger partial charge in [0.15, 0.2) is 6.61 Å². The number of rotatable bonds is 10. The molecule has 2 amide bonds. The minimum atomic E-state index is -0.676. The molecule has 0 radical (unpaired) electrons. The molecule has 1 saturated carbocycles. The Balaban J connectivity index is 1.61. The molecule has 1 aliphatic rings. The Hall–Kier alpha value is -2.83.